The SMILES string of the molecule is COC(=O)C1CCN(C(=O)c2csc(-c3cc4ccccc4[nH]3)n2)CC1. The molecule has 4 rings (SSSR count). The molecule has 134 valence electrons. The molecule has 0 aliphatic carbocycles. The third-order valence-corrected chi connectivity index (χ3v) is 5.68. The first kappa shape index (κ1) is 16.8. The highest BCUT2D eigenvalue weighted by Crippen LogP contribution is 2.28. The van der Waals surface area contributed by atoms with Crippen molar-refractivity contribution in [3.05, 3.63) is 41.4 Å². The largest absolute Gasteiger partial charge is 0.469 e. The molecule has 1 N–H and O–H groups in total. The highest BCUT2D eigenvalue weighted by Gasteiger charge is 2.29. The van der Waals surface area contributed by atoms with Gasteiger partial charge in [-0.1, -0.05) is 18.2 Å². The van der Waals surface area contributed by atoms with E-state index in [0.717, 1.165) is 21.6 Å². The zero-order chi connectivity index (χ0) is 18.1. The van der Waals surface area contributed by atoms with Crippen molar-refractivity contribution in [3.63, 3.8) is 0 Å². The number of fused-ring (bicyclic) bond motifs is 1. The van der Waals surface area contributed by atoms with Crippen LogP contribution in [0.1, 0.15) is 23.3 Å². The fourth-order valence-corrected chi connectivity index (χ4v) is 4.10. The van der Waals surface area contributed by atoms with Gasteiger partial charge in [-0.15, -0.1) is 11.3 Å². The van der Waals surface area contributed by atoms with Gasteiger partial charge in [-0.05, 0) is 25.0 Å². The van der Waals surface area contributed by atoms with Gasteiger partial charge in [0.1, 0.15) is 10.7 Å². The van der Waals surface area contributed by atoms with Crippen molar-refractivity contribution in [1.82, 2.24) is 14.9 Å². The lowest BCUT2D eigenvalue weighted by molar-refractivity contribution is -0.146. The number of nitrogens with zero attached hydrogens (tertiary/aromatic N) is 2. The predicted octanol–water partition coefficient (Wildman–Crippen LogP) is 3.32. The normalized spacial score (nSPS) is 15.3. The molecule has 0 bridgehead atoms. The number of likely N-dealkylation sites (tertiary alicyclic amines) is 1. The number of rotatable bonds is 3. The zero-order valence-corrected chi connectivity index (χ0v) is 15.2. The molecule has 0 unspecified atom stereocenters. The summed E-state index contributed by atoms with van der Waals surface area (Å²) in [6.45, 7) is 1.11. The topological polar surface area (TPSA) is 75.3 Å². The molecule has 1 saturated heterocycles. The van der Waals surface area contributed by atoms with Crippen LogP contribution < -0.4 is 0 Å². The van der Waals surface area contributed by atoms with Gasteiger partial charge >= 0.3 is 5.97 Å². The van der Waals surface area contributed by atoms with Crippen LogP contribution in [-0.4, -0.2) is 46.9 Å². The Morgan fingerprint density at radius 3 is 2.77 bits per heavy atom. The number of aromatic amines is 1. The minimum Gasteiger partial charge on any atom is -0.469 e. The summed E-state index contributed by atoms with van der Waals surface area (Å²) in [6.07, 6.45) is 1.27. The average molecular weight is 369 g/mol. The van der Waals surface area contributed by atoms with E-state index in [0.29, 0.717) is 31.6 Å². The van der Waals surface area contributed by atoms with Crippen molar-refractivity contribution in [1.29, 1.82) is 0 Å². The molecule has 7 heteroatoms. The molecule has 3 aromatic rings. The Morgan fingerprint density at radius 2 is 2.04 bits per heavy atom. The summed E-state index contributed by atoms with van der Waals surface area (Å²) in [4.78, 5) is 33.9. The van der Waals surface area contributed by atoms with E-state index in [1.165, 1.54) is 18.4 Å². The Labute approximate surface area is 154 Å². The molecule has 0 saturated carbocycles. The first-order valence-corrected chi connectivity index (χ1v) is 9.44. The lowest BCUT2D eigenvalue weighted by atomic mass is 9.97. The Kier molecular flexibility index (Phi) is 4.46. The molecule has 1 aliphatic heterocycles. The van der Waals surface area contributed by atoms with Gasteiger partial charge in [0.05, 0.1) is 18.7 Å². The lowest BCUT2D eigenvalue weighted by Crippen LogP contribution is -2.40. The summed E-state index contributed by atoms with van der Waals surface area (Å²) < 4.78 is 4.79. The van der Waals surface area contributed by atoms with Gasteiger partial charge in [-0.25, -0.2) is 4.98 Å². The van der Waals surface area contributed by atoms with Gasteiger partial charge in [-0.3, -0.25) is 9.59 Å². The molecular weight excluding hydrogens is 350 g/mol. The molecule has 2 aromatic heterocycles. The number of piperidine rings is 1. The zero-order valence-electron chi connectivity index (χ0n) is 14.4. The van der Waals surface area contributed by atoms with E-state index in [-0.39, 0.29) is 17.8 Å². The number of hydrogen-bond acceptors (Lipinski definition) is 5. The number of H-pyrrole nitrogens is 1. The van der Waals surface area contributed by atoms with Crippen LogP contribution in [0.15, 0.2) is 35.7 Å². The first-order chi connectivity index (χ1) is 12.7. The average Bonchev–Trinajstić information content (AvgIpc) is 3.33. The van der Waals surface area contributed by atoms with Crippen molar-refractivity contribution in [2.75, 3.05) is 20.2 Å². The highest BCUT2D eigenvalue weighted by atomic mass is 32.1. The number of para-hydroxylation sites is 1. The maximum atomic E-state index is 12.7. The van der Waals surface area contributed by atoms with Crippen LogP contribution in [0.5, 0.6) is 0 Å². The molecule has 6 nitrogen and oxygen atoms in total. The number of carbonyl (C=O) groups excluding carboxylic acids is 2. The van der Waals surface area contributed by atoms with Crippen molar-refractivity contribution in [3.8, 4) is 10.7 Å². The fourth-order valence-electron chi connectivity index (χ4n) is 3.33. The van der Waals surface area contributed by atoms with Gasteiger partial charge < -0.3 is 14.6 Å². The summed E-state index contributed by atoms with van der Waals surface area (Å²) in [6, 6.07) is 10.1. The van der Waals surface area contributed by atoms with Gasteiger partial charge in [0.15, 0.2) is 0 Å². The molecule has 1 aromatic carbocycles. The first-order valence-electron chi connectivity index (χ1n) is 8.56. The van der Waals surface area contributed by atoms with E-state index < -0.39 is 0 Å². The molecule has 1 fully saturated rings. The predicted molar refractivity (Wildman–Crippen MR) is 100 cm³/mol. The Morgan fingerprint density at radius 1 is 1.27 bits per heavy atom. The Balaban J connectivity index is 1.47. The van der Waals surface area contributed by atoms with Crippen LogP contribution in [0.4, 0.5) is 0 Å². The second-order valence-corrected chi connectivity index (χ2v) is 7.26. The van der Waals surface area contributed by atoms with E-state index in [4.69, 9.17) is 4.74 Å². The van der Waals surface area contributed by atoms with Gasteiger partial charge in [-0.2, -0.15) is 0 Å². The number of nitrogens with one attached hydrogen (secondary N) is 1. The van der Waals surface area contributed by atoms with Crippen molar-refractivity contribution >= 4 is 34.1 Å². The quantitative estimate of drug-likeness (QED) is 0.719. The van der Waals surface area contributed by atoms with E-state index >= 15 is 0 Å². The summed E-state index contributed by atoms with van der Waals surface area (Å²) in [5, 5.41) is 3.72. The lowest BCUT2D eigenvalue weighted by Gasteiger charge is -2.30. The molecule has 1 amide bonds. The standard InChI is InChI=1S/C19H19N3O3S/c1-25-19(24)12-6-8-22(9-7-12)18(23)16-11-26-17(21-16)15-10-13-4-2-3-5-14(13)20-15/h2-5,10-12,20H,6-9H2,1H3. The summed E-state index contributed by atoms with van der Waals surface area (Å²) in [5.74, 6) is -0.375. The minimum atomic E-state index is -0.188. The number of hydrogen-bond donors (Lipinski definition) is 1. The highest BCUT2D eigenvalue weighted by molar-refractivity contribution is 7.13. The van der Waals surface area contributed by atoms with Crippen LogP contribution in [0.3, 0.4) is 0 Å². The third-order valence-electron chi connectivity index (χ3n) is 4.80. The maximum absolute atomic E-state index is 12.7. The van der Waals surface area contributed by atoms with Crippen molar-refractivity contribution in [2.24, 2.45) is 5.92 Å². The monoisotopic (exact) mass is 369 g/mol. The van der Waals surface area contributed by atoms with E-state index in [1.807, 2.05) is 30.3 Å². The molecule has 26 heavy (non-hydrogen) atoms. The Bertz CT molecular complexity index is 921. The minimum absolute atomic E-state index is 0.0769. The summed E-state index contributed by atoms with van der Waals surface area (Å²) >= 11 is 1.46. The Hall–Kier alpha value is -2.67. The fraction of sp³-hybridized carbons (Fsp3) is 0.316. The molecular formula is C19H19N3O3S. The van der Waals surface area contributed by atoms with Gasteiger partial charge in [0.25, 0.3) is 5.91 Å². The third kappa shape index (κ3) is 3.10. The summed E-state index contributed by atoms with van der Waals surface area (Å²) in [5.41, 5.74) is 2.43. The van der Waals surface area contributed by atoms with Crippen LogP contribution in [-0.2, 0) is 9.53 Å². The maximum Gasteiger partial charge on any atom is 0.308 e. The molecule has 1 aliphatic rings. The van der Waals surface area contributed by atoms with Gasteiger partial charge in [0.2, 0.25) is 0 Å². The van der Waals surface area contributed by atoms with E-state index in [9.17, 15) is 9.59 Å². The van der Waals surface area contributed by atoms with Crippen LogP contribution in [0.2, 0.25) is 0 Å². The van der Waals surface area contributed by atoms with Crippen LogP contribution in [0, 0.1) is 5.92 Å². The number of carbonyl (C=O) groups is 2. The number of amides is 1. The number of thiazole rings is 1. The van der Waals surface area contributed by atoms with Crippen LogP contribution in [0.25, 0.3) is 21.6 Å². The number of esters is 1. The van der Waals surface area contributed by atoms with E-state index in [2.05, 4.69) is 9.97 Å². The van der Waals surface area contributed by atoms with Crippen LogP contribution >= 0.6 is 11.3 Å². The number of ether oxygens (including phenoxy) is 1. The molecule has 0 radical (unpaired) electrons. The summed E-state index contributed by atoms with van der Waals surface area (Å²) in [7, 11) is 1.40. The second kappa shape index (κ2) is 6.92. The van der Waals surface area contributed by atoms with E-state index in [1.54, 1.807) is 10.3 Å². The van der Waals surface area contributed by atoms with Crippen molar-refractivity contribution in [2.45, 2.75) is 12.8 Å². The smallest absolute Gasteiger partial charge is 0.308 e. The number of benzene rings is 1. The van der Waals surface area contributed by atoms with Gasteiger partial charge in [0, 0.05) is 29.4 Å². The van der Waals surface area contributed by atoms with Crippen molar-refractivity contribution < 1.29 is 14.3 Å². The number of methoxy groups -OCH3 is 1. The molecule has 0 spiro atoms. The second-order valence-electron chi connectivity index (χ2n) is 6.40. The number of aromatic nitrogens is 2. The molecule has 0 atom stereocenters. The molecule has 3 heterocycles.